The zero-order valence-corrected chi connectivity index (χ0v) is 17.1. The van der Waals surface area contributed by atoms with E-state index >= 15 is 0 Å². The van der Waals surface area contributed by atoms with E-state index in [0.29, 0.717) is 23.9 Å². The molecule has 0 bridgehead atoms. The fourth-order valence-electron chi connectivity index (χ4n) is 2.38. The van der Waals surface area contributed by atoms with Gasteiger partial charge in [-0.15, -0.1) is 24.8 Å². The Kier molecular flexibility index (Phi) is 11.5. The molecule has 150 valence electrons. The largest absolute Gasteiger partial charge is 0.484 e. The monoisotopic (exact) mass is 415 g/mol. The molecule has 0 aliphatic heterocycles. The van der Waals surface area contributed by atoms with Crippen LogP contribution in [0.15, 0.2) is 48.7 Å². The smallest absolute Gasteiger partial charge is 0.258 e. The van der Waals surface area contributed by atoms with Crippen molar-refractivity contribution in [3.05, 3.63) is 48.7 Å². The van der Waals surface area contributed by atoms with E-state index in [1.165, 1.54) is 0 Å². The van der Waals surface area contributed by atoms with Gasteiger partial charge < -0.3 is 20.5 Å². The maximum absolute atomic E-state index is 12.1. The number of nitrogens with one attached hydrogen (secondary N) is 1. The van der Waals surface area contributed by atoms with Gasteiger partial charge in [0.1, 0.15) is 11.5 Å². The molecular formula is C19H27Cl2N3O3. The number of carbonyl (C=O) groups is 1. The lowest BCUT2D eigenvalue weighted by Gasteiger charge is -2.31. The summed E-state index contributed by atoms with van der Waals surface area (Å²) in [6.07, 6.45) is 3.23. The van der Waals surface area contributed by atoms with Gasteiger partial charge in [0.05, 0.1) is 5.54 Å². The lowest BCUT2D eigenvalue weighted by Crippen LogP contribution is -2.54. The van der Waals surface area contributed by atoms with Crippen molar-refractivity contribution >= 4 is 30.7 Å². The number of pyridine rings is 1. The molecule has 0 fully saturated rings. The molecule has 2 rings (SSSR count). The highest BCUT2D eigenvalue weighted by Crippen LogP contribution is 2.22. The highest BCUT2D eigenvalue weighted by molar-refractivity contribution is 5.85. The average molecular weight is 416 g/mol. The number of halogens is 2. The fourth-order valence-corrected chi connectivity index (χ4v) is 2.38. The van der Waals surface area contributed by atoms with E-state index in [-0.39, 0.29) is 42.9 Å². The third-order valence-electron chi connectivity index (χ3n) is 4.20. The van der Waals surface area contributed by atoms with E-state index in [1.807, 2.05) is 26.0 Å². The van der Waals surface area contributed by atoms with Crippen LogP contribution in [0.2, 0.25) is 0 Å². The number of amides is 1. The van der Waals surface area contributed by atoms with E-state index in [0.717, 1.165) is 12.8 Å². The van der Waals surface area contributed by atoms with Crippen LogP contribution < -0.4 is 20.5 Å². The van der Waals surface area contributed by atoms with Crippen LogP contribution in [-0.4, -0.2) is 29.6 Å². The molecule has 0 aliphatic carbocycles. The summed E-state index contributed by atoms with van der Waals surface area (Å²) in [5.74, 6) is 1.58. The van der Waals surface area contributed by atoms with Gasteiger partial charge in [-0.3, -0.25) is 4.79 Å². The second-order valence-electron chi connectivity index (χ2n) is 5.77. The predicted molar refractivity (Wildman–Crippen MR) is 111 cm³/mol. The maximum Gasteiger partial charge on any atom is 0.258 e. The first kappa shape index (κ1) is 25.0. The molecule has 6 nitrogen and oxygen atoms in total. The summed E-state index contributed by atoms with van der Waals surface area (Å²) in [6.45, 7) is 4.38. The Balaban J connectivity index is 0.00000338. The van der Waals surface area contributed by atoms with Crippen molar-refractivity contribution in [3.63, 3.8) is 0 Å². The summed E-state index contributed by atoms with van der Waals surface area (Å²) in [4.78, 5) is 16.2. The number of hydrogen-bond acceptors (Lipinski definition) is 5. The maximum atomic E-state index is 12.1. The molecule has 1 aromatic heterocycles. The van der Waals surface area contributed by atoms with Crippen LogP contribution in [-0.2, 0) is 4.79 Å². The van der Waals surface area contributed by atoms with Gasteiger partial charge in [-0.1, -0.05) is 19.9 Å². The SMILES string of the molecule is CCC(CC)(CN)NC(=O)COc1ccc(Oc2ccccn2)cc1.Cl.Cl. The highest BCUT2D eigenvalue weighted by Gasteiger charge is 2.26. The molecule has 0 atom stereocenters. The van der Waals surface area contributed by atoms with Gasteiger partial charge in [-0.2, -0.15) is 0 Å². The molecular weight excluding hydrogens is 389 g/mol. The lowest BCUT2D eigenvalue weighted by molar-refractivity contribution is -0.125. The summed E-state index contributed by atoms with van der Waals surface area (Å²) >= 11 is 0. The van der Waals surface area contributed by atoms with Crippen LogP contribution in [0.5, 0.6) is 17.4 Å². The number of hydrogen-bond donors (Lipinski definition) is 2. The molecule has 27 heavy (non-hydrogen) atoms. The molecule has 0 saturated carbocycles. The Labute approximate surface area is 172 Å². The van der Waals surface area contributed by atoms with Gasteiger partial charge in [0.15, 0.2) is 6.61 Å². The lowest BCUT2D eigenvalue weighted by atomic mass is 9.93. The fraction of sp³-hybridized carbons (Fsp3) is 0.368. The molecule has 1 amide bonds. The Morgan fingerprint density at radius 1 is 1.07 bits per heavy atom. The van der Waals surface area contributed by atoms with Crippen LogP contribution in [0, 0.1) is 0 Å². The Hall–Kier alpha value is -2.02. The second-order valence-corrected chi connectivity index (χ2v) is 5.77. The summed E-state index contributed by atoms with van der Waals surface area (Å²) in [5.41, 5.74) is 5.43. The van der Waals surface area contributed by atoms with Gasteiger partial charge in [0, 0.05) is 18.8 Å². The van der Waals surface area contributed by atoms with Crippen molar-refractivity contribution in [1.82, 2.24) is 10.3 Å². The Morgan fingerprint density at radius 2 is 1.70 bits per heavy atom. The summed E-state index contributed by atoms with van der Waals surface area (Å²) in [6, 6.07) is 12.5. The zero-order valence-electron chi connectivity index (χ0n) is 15.5. The molecule has 1 heterocycles. The minimum absolute atomic E-state index is 0. The van der Waals surface area contributed by atoms with Crippen LogP contribution in [0.4, 0.5) is 0 Å². The van der Waals surface area contributed by atoms with E-state index in [4.69, 9.17) is 15.2 Å². The zero-order chi connectivity index (χ0) is 18.1. The number of carbonyl (C=O) groups excluding carboxylic acids is 1. The molecule has 0 aliphatic rings. The van der Waals surface area contributed by atoms with Gasteiger partial charge in [0.2, 0.25) is 5.88 Å². The van der Waals surface area contributed by atoms with E-state index < -0.39 is 0 Å². The third kappa shape index (κ3) is 7.62. The van der Waals surface area contributed by atoms with Crippen molar-refractivity contribution in [2.24, 2.45) is 5.73 Å². The quantitative estimate of drug-likeness (QED) is 0.651. The normalized spacial score (nSPS) is 10.2. The molecule has 8 heteroatoms. The number of ether oxygens (including phenoxy) is 2. The number of aromatic nitrogens is 1. The number of rotatable bonds is 9. The van der Waals surface area contributed by atoms with Gasteiger partial charge >= 0.3 is 0 Å². The topological polar surface area (TPSA) is 86.5 Å². The van der Waals surface area contributed by atoms with Gasteiger partial charge in [0.25, 0.3) is 5.91 Å². The van der Waals surface area contributed by atoms with Crippen LogP contribution in [0.25, 0.3) is 0 Å². The standard InChI is InChI=1S/C19H25N3O3.2ClH/c1-3-19(4-2,14-20)22-17(23)13-24-15-8-10-16(11-9-15)25-18-7-5-6-12-21-18;;/h5-12H,3-4,13-14,20H2,1-2H3,(H,22,23);2*1H. The van der Waals surface area contributed by atoms with Crippen LogP contribution in [0.3, 0.4) is 0 Å². The molecule has 2 aromatic rings. The Bertz CT molecular complexity index is 657. The Morgan fingerprint density at radius 3 is 2.22 bits per heavy atom. The van der Waals surface area contributed by atoms with E-state index in [1.54, 1.807) is 36.5 Å². The van der Waals surface area contributed by atoms with Crippen molar-refractivity contribution in [3.8, 4) is 17.4 Å². The van der Waals surface area contributed by atoms with Crippen LogP contribution >= 0.6 is 24.8 Å². The molecule has 3 N–H and O–H groups in total. The predicted octanol–water partition coefficient (Wildman–Crippen LogP) is 3.73. The summed E-state index contributed by atoms with van der Waals surface area (Å²) in [7, 11) is 0. The highest BCUT2D eigenvalue weighted by atomic mass is 35.5. The number of nitrogens with two attached hydrogens (primary N) is 1. The molecule has 1 aromatic carbocycles. The van der Waals surface area contributed by atoms with Crippen molar-refractivity contribution < 1.29 is 14.3 Å². The molecule has 0 saturated heterocycles. The first-order chi connectivity index (χ1) is 12.1. The summed E-state index contributed by atoms with van der Waals surface area (Å²) < 4.78 is 11.1. The first-order valence-corrected chi connectivity index (χ1v) is 8.43. The van der Waals surface area contributed by atoms with E-state index in [2.05, 4.69) is 10.3 Å². The average Bonchev–Trinajstić information content (AvgIpc) is 2.66. The second kappa shape index (κ2) is 12.4. The molecule has 0 unspecified atom stereocenters. The van der Waals surface area contributed by atoms with Crippen molar-refractivity contribution in [1.29, 1.82) is 0 Å². The number of nitrogens with zero attached hydrogens (tertiary/aromatic N) is 1. The molecule has 0 spiro atoms. The first-order valence-electron chi connectivity index (χ1n) is 8.43. The van der Waals surface area contributed by atoms with Crippen molar-refractivity contribution in [2.75, 3.05) is 13.2 Å². The van der Waals surface area contributed by atoms with Gasteiger partial charge in [-0.25, -0.2) is 4.98 Å². The third-order valence-corrected chi connectivity index (χ3v) is 4.20. The number of benzene rings is 1. The van der Waals surface area contributed by atoms with Crippen LogP contribution in [0.1, 0.15) is 26.7 Å². The minimum atomic E-state index is -0.360. The molecule has 0 radical (unpaired) electrons. The minimum Gasteiger partial charge on any atom is -0.484 e. The van der Waals surface area contributed by atoms with Crippen molar-refractivity contribution in [2.45, 2.75) is 32.2 Å². The van der Waals surface area contributed by atoms with Gasteiger partial charge in [-0.05, 0) is 43.2 Å². The summed E-state index contributed by atoms with van der Waals surface area (Å²) in [5, 5.41) is 2.97. The van der Waals surface area contributed by atoms with E-state index in [9.17, 15) is 4.79 Å².